The highest BCUT2D eigenvalue weighted by atomic mass is 16.3. The van der Waals surface area contributed by atoms with Crippen LogP contribution in [0.5, 0.6) is 34.5 Å². The molecule has 7 aromatic carbocycles. The van der Waals surface area contributed by atoms with Crippen molar-refractivity contribution in [2.75, 3.05) is 0 Å². The third kappa shape index (κ3) is 21.8. The number of hydrogen-bond donors (Lipinski definition) is 14. The van der Waals surface area contributed by atoms with E-state index in [9.17, 15) is 49.8 Å². The second-order valence-electron chi connectivity index (χ2n) is 26.1. The number of fused-ring (bicyclic) bond motifs is 1. The molecule has 1 heterocycles. The molecular formula is C77H88N8O13. The molecule has 0 bridgehead atoms. The summed E-state index contributed by atoms with van der Waals surface area (Å²) < 4.78 is 0. The highest BCUT2D eigenvalue weighted by Crippen LogP contribution is 2.28. The van der Waals surface area contributed by atoms with E-state index in [1.807, 2.05) is 24.4 Å². The summed E-state index contributed by atoms with van der Waals surface area (Å²) in [6.45, 7) is 4.39. The van der Waals surface area contributed by atoms with Gasteiger partial charge >= 0.3 is 0 Å². The highest BCUT2D eigenvalue weighted by Gasteiger charge is 2.35. The zero-order valence-corrected chi connectivity index (χ0v) is 55.0. The fraction of sp³-hybridized carbons (Fsp3) is 0.338. The molecule has 0 saturated heterocycles. The van der Waals surface area contributed by atoms with Crippen LogP contribution in [0.3, 0.4) is 0 Å². The second-order valence-corrected chi connectivity index (χ2v) is 26.1. The van der Waals surface area contributed by atoms with E-state index in [-0.39, 0.29) is 103 Å². The summed E-state index contributed by atoms with van der Waals surface area (Å²) in [6, 6.07) is 36.4. The molecule has 21 nitrogen and oxygen atoms in total. The van der Waals surface area contributed by atoms with Crippen molar-refractivity contribution in [2.45, 2.75) is 152 Å². The van der Waals surface area contributed by atoms with Crippen LogP contribution in [0.4, 0.5) is 0 Å². The van der Waals surface area contributed by atoms with E-state index >= 15 is 14.4 Å². The summed E-state index contributed by atoms with van der Waals surface area (Å²) in [5, 5.41) is 83.9. The van der Waals surface area contributed by atoms with E-state index in [0.29, 0.717) is 53.4 Å². The molecule has 0 spiro atoms. The number of phenolic OH excluding ortho intramolecular Hbond substituents is 6. The van der Waals surface area contributed by atoms with Crippen molar-refractivity contribution in [3.8, 4) is 34.5 Å². The van der Waals surface area contributed by atoms with E-state index in [1.54, 1.807) is 72.8 Å². The number of aromatic amines is 1. The number of aromatic hydroxyl groups is 6. The second kappa shape index (κ2) is 34.9. The molecule has 1 aliphatic carbocycles. The number of para-hydroxylation sites is 1. The smallest absolute Gasteiger partial charge is 0.243 e. The van der Waals surface area contributed by atoms with Crippen molar-refractivity contribution < 1.29 is 64.2 Å². The van der Waals surface area contributed by atoms with E-state index in [4.69, 9.17) is 0 Å². The first-order valence-corrected chi connectivity index (χ1v) is 33.4. The van der Waals surface area contributed by atoms with Crippen LogP contribution in [0, 0.1) is 11.8 Å². The first-order chi connectivity index (χ1) is 47.2. The van der Waals surface area contributed by atoms with E-state index in [0.717, 1.165) is 54.0 Å². The summed E-state index contributed by atoms with van der Waals surface area (Å²) in [5.74, 6) is -3.56. The van der Waals surface area contributed by atoms with Gasteiger partial charge in [0.1, 0.15) is 71.2 Å². The molecule has 1 fully saturated rings. The molecule has 11 atom stereocenters. The molecule has 8 aromatic rings. The van der Waals surface area contributed by atoms with Crippen LogP contribution in [-0.2, 0) is 78.5 Å². The molecule has 1 aromatic heterocycles. The maximum Gasteiger partial charge on any atom is 0.243 e. The lowest BCUT2D eigenvalue weighted by atomic mass is 9.84. The van der Waals surface area contributed by atoms with Crippen LogP contribution in [0.1, 0.15) is 91.3 Å². The summed E-state index contributed by atoms with van der Waals surface area (Å²) in [6.07, 6.45) is 8.32. The molecule has 98 heavy (non-hydrogen) atoms. The minimum Gasteiger partial charge on any atom is -0.508 e. The minimum absolute atomic E-state index is 0.00497. The number of rotatable bonds is 30. The minimum atomic E-state index is -1.48. The molecule has 0 radical (unpaired) electrons. The van der Waals surface area contributed by atoms with Gasteiger partial charge in [-0.15, -0.1) is 0 Å². The van der Waals surface area contributed by atoms with Crippen molar-refractivity contribution in [2.24, 2.45) is 11.8 Å². The molecule has 9 rings (SSSR count). The van der Waals surface area contributed by atoms with Gasteiger partial charge in [0.15, 0.2) is 0 Å². The number of benzene rings is 7. The van der Waals surface area contributed by atoms with Crippen LogP contribution >= 0.6 is 0 Å². The van der Waals surface area contributed by atoms with Crippen LogP contribution in [-0.4, -0.2) is 132 Å². The third-order valence-corrected chi connectivity index (χ3v) is 18.2. The number of carbonyl (C=O) groups excluding carboxylic acids is 7. The summed E-state index contributed by atoms with van der Waals surface area (Å²) in [5.41, 5.74) is 5.45. The number of nitrogens with one attached hydrogen (secondary N) is 8. The van der Waals surface area contributed by atoms with Crippen molar-refractivity contribution >= 4 is 53.0 Å². The van der Waals surface area contributed by atoms with Crippen LogP contribution in [0.15, 0.2) is 176 Å². The van der Waals surface area contributed by atoms with Crippen LogP contribution in [0.25, 0.3) is 10.9 Å². The third-order valence-electron chi connectivity index (χ3n) is 18.2. The number of H-pyrrole nitrogens is 1. The van der Waals surface area contributed by atoms with Gasteiger partial charge < -0.3 is 82.4 Å². The average molecular weight is 1330 g/mol. The molecule has 21 heteroatoms. The van der Waals surface area contributed by atoms with Gasteiger partial charge in [0.05, 0.1) is 18.1 Å². The van der Waals surface area contributed by atoms with Gasteiger partial charge in [-0.1, -0.05) is 105 Å². The molecule has 1 saturated carbocycles. The van der Waals surface area contributed by atoms with Crippen molar-refractivity contribution in [3.63, 3.8) is 0 Å². The van der Waals surface area contributed by atoms with Gasteiger partial charge in [0.2, 0.25) is 29.5 Å². The first-order valence-electron chi connectivity index (χ1n) is 33.4. The largest absolute Gasteiger partial charge is 0.508 e. The monoisotopic (exact) mass is 1330 g/mol. The molecule has 0 aliphatic heterocycles. The SMILES string of the molecule is CC1CCC(N[C@H](Cc2ccc(O)cc2)C(=O)N[C@@H](Cc2ccc(O)cc2)C(=O)N[C@H](Cc2ccc(O)cc2)C(=O)N[C@H](Cc2ccc(O)cc2)C(=O)N[C@H](Cc2ccc(O)cc2)C(=O)N[C@@H](C=O)Cc2ccc(O)cc2)CC(C)CCC(N[C@@H](C=O)Cc2c[nH]c3ccccc23)C1. The van der Waals surface area contributed by atoms with E-state index < -0.39 is 65.8 Å². The Kier molecular flexibility index (Phi) is 25.6. The number of phenols is 6. The van der Waals surface area contributed by atoms with Crippen molar-refractivity contribution in [1.82, 2.24) is 42.2 Å². The van der Waals surface area contributed by atoms with Crippen LogP contribution < -0.4 is 37.2 Å². The Labute approximate surface area is 569 Å². The van der Waals surface area contributed by atoms with Gasteiger partial charge in [-0.2, -0.15) is 0 Å². The lowest BCUT2D eigenvalue weighted by molar-refractivity contribution is -0.135. The fourth-order valence-corrected chi connectivity index (χ4v) is 12.8. The fourth-order valence-electron chi connectivity index (χ4n) is 12.8. The lowest BCUT2D eigenvalue weighted by Crippen LogP contribution is -2.60. The Hall–Kier alpha value is -10.5. The number of hydrogen-bond acceptors (Lipinski definition) is 15. The Morgan fingerprint density at radius 2 is 0.684 bits per heavy atom. The van der Waals surface area contributed by atoms with Crippen molar-refractivity contribution in [3.05, 3.63) is 215 Å². The Balaban J connectivity index is 0.963. The maximum atomic E-state index is 15.3. The van der Waals surface area contributed by atoms with Crippen molar-refractivity contribution in [1.29, 1.82) is 0 Å². The molecule has 5 amide bonds. The normalized spacial score (nSPS) is 17.9. The maximum absolute atomic E-state index is 15.3. The zero-order valence-electron chi connectivity index (χ0n) is 55.0. The number of aromatic nitrogens is 1. The summed E-state index contributed by atoms with van der Waals surface area (Å²) in [7, 11) is 0. The summed E-state index contributed by atoms with van der Waals surface area (Å²) in [4.78, 5) is 104. The van der Waals surface area contributed by atoms with E-state index in [1.165, 1.54) is 72.8 Å². The number of aldehydes is 2. The molecular weight excluding hydrogens is 1240 g/mol. The molecule has 14 N–H and O–H groups in total. The molecule has 1 aliphatic rings. The van der Waals surface area contributed by atoms with Gasteiger partial charge in [-0.05, 0) is 187 Å². The average Bonchev–Trinajstić information content (AvgIpc) is 1.80. The quantitative estimate of drug-likeness (QED) is 0.0194. The van der Waals surface area contributed by atoms with Gasteiger partial charge in [0.25, 0.3) is 0 Å². The number of carbonyl (C=O) groups is 7. The van der Waals surface area contributed by atoms with Gasteiger partial charge in [-0.3, -0.25) is 24.0 Å². The Morgan fingerprint density at radius 1 is 0.378 bits per heavy atom. The standard InChI is InChI=1S/C77H88N8O13/c1-47-8-22-57(36-48(2)7-21-56(35-47)79-59(46-87)43-55-44-78-67-6-4-3-5-66(55)67)80-68(38-50-11-25-61(89)26-12-50)74(95)83-70(40-52-15-29-63(91)30-16-52)76(97)85-72(42-54-19-33-65(93)34-20-54)77(98)84-71(41-53-17-31-64(92)32-18-53)75(96)82-69(39-51-13-27-62(90)28-14-51)73(94)81-58(45-86)37-49-9-23-60(88)24-10-49/h3-6,9-20,23-34,44-48,56-59,68-72,78-80,88-93H,7-8,21-22,35-43H2,1-2H3,(H,81,94)(H,82,96)(H,83,95)(H,84,98)(H,85,97)/t47?,48?,56?,57?,58-,59-,68-,69-,70+,71-,72-/m1/s1. The predicted octanol–water partition coefficient (Wildman–Crippen LogP) is 7.50. The van der Waals surface area contributed by atoms with Gasteiger partial charge in [0, 0.05) is 54.9 Å². The Morgan fingerprint density at radius 3 is 1.04 bits per heavy atom. The summed E-state index contributed by atoms with van der Waals surface area (Å²) >= 11 is 0. The number of amides is 5. The predicted molar refractivity (Wildman–Crippen MR) is 372 cm³/mol. The molecule has 4 unspecified atom stereocenters. The first kappa shape index (κ1) is 71.8. The topological polar surface area (TPSA) is 341 Å². The van der Waals surface area contributed by atoms with Gasteiger partial charge in [-0.25, -0.2) is 0 Å². The zero-order chi connectivity index (χ0) is 69.7. The lowest BCUT2D eigenvalue weighted by Gasteiger charge is -2.33. The molecule has 514 valence electrons. The Bertz CT molecular complexity index is 3930. The highest BCUT2D eigenvalue weighted by molar-refractivity contribution is 5.97. The van der Waals surface area contributed by atoms with Crippen LogP contribution in [0.2, 0.25) is 0 Å². The van der Waals surface area contributed by atoms with E-state index in [2.05, 4.69) is 62.1 Å².